The van der Waals surface area contributed by atoms with Gasteiger partial charge in [-0.2, -0.15) is 0 Å². The van der Waals surface area contributed by atoms with E-state index in [-0.39, 0.29) is 12.0 Å². The van der Waals surface area contributed by atoms with Gasteiger partial charge in [0.25, 0.3) is 0 Å². The first-order chi connectivity index (χ1) is 12.3. The van der Waals surface area contributed by atoms with Gasteiger partial charge in [0.05, 0.1) is 5.41 Å². The first-order valence-electron chi connectivity index (χ1n) is 9.60. The molecule has 2 heterocycles. The summed E-state index contributed by atoms with van der Waals surface area (Å²) in [6.07, 6.45) is 3.25. The van der Waals surface area contributed by atoms with Gasteiger partial charge < -0.3 is 14.5 Å². The normalized spacial score (nSPS) is 24.0. The van der Waals surface area contributed by atoms with Gasteiger partial charge in [-0.05, 0) is 52.0 Å². The molecule has 5 nitrogen and oxygen atoms in total. The minimum atomic E-state index is -0.516. The molecule has 2 aliphatic rings. The number of carbonyl (C=O) groups excluding carboxylic acids is 2. The number of hydrogen-bond acceptors (Lipinski definition) is 3. The second-order valence-corrected chi connectivity index (χ2v) is 8.60. The topological polar surface area (TPSA) is 49.9 Å². The predicted molar refractivity (Wildman–Crippen MR) is 101 cm³/mol. The summed E-state index contributed by atoms with van der Waals surface area (Å²) in [5.74, 6) is 0.195. The number of ether oxygens (including phenoxy) is 1. The van der Waals surface area contributed by atoms with E-state index in [2.05, 4.69) is 12.1 Å². The third-order valence-corrected chi connectivity index (χ3v) is 5.27. The van der Waals surface area contributed by atoms with Crippen molar-refractivity contribution in [1.29, 1.82) is 0 Å². The number of hydrogen-bond donors (Lipinski definition) is 0. The maximum absolute atomic E-state index is 13.3. The van der Waals surface area contributed by atoms with Gasteiger partial charge in [0.1, 0.15) is 5.60 Å². The van der Waals surface area contributed by atoms with Crippen molar-refractivity contribution >= 4 is 12.0 Å². The Morgan fingerprint density at radius 2 is 1.77 bits per heavy atom. The number of piperidine rings is 2. The van der Waals surface area contributed by atoms with Crippen LogP contribution in [0.2, 0.25) is 0 Å². The van der Waals surface area contributed by atoms with Gasteiger partial charge >= 0.3 is 6.09 Å². The van der Waals surface area contributed by atoms with Crippen LogP contribution in [0.15, 0.2) is 30.3 Å². The van der Waals surface area contributed by atoms with E-state index in [0.717, 1.165) is 37.8 Å². The average Bonchev–Trinajstić information content (AvgIpc) is 2.59. The van der Waals surface area contributed by atoms with E-state index in [1.165, 1.54) is 0 Å². The van der Waals surface area contributed by atoms with Crippen LogP contribution < -0.4 is 0 Å². The van der Waals surface area contributed by atoms with Crippen LogP contribution >= 0.6 is 0 Å². The van der Waals surface area contributed by atoms with Crippen molar-refractivity contribution < 1.29 is 14.3 Å². The first-order valence-corrected chi connectivity index (χ1v) is 9.60. The Morgan fingerprint density at radius 1 is 1.12 bits per heavy atom. The van der Waals surface area contributed by atoms with E-state index in [0.29, 0.717) is 19.6 Å². The smallest absolute Gasteiger partial charge is 0.410 e. The summed E-state index contributed by atoms with van der Waals surface area (Å²) in [6, 6.07) is 10.1. The molecular weight excluding hydrogens is 328 g/mol. The van der Waals surface area contributed by atoms with Crippen LogP contribution in [0.4, 0.5) is 4.79 Å². The number of nitrogens with zero attached hydrogens (tertiary/aromatic N) is 2. The highest BCUT2D eigenvalue weighted by Gasteiger charge is 2.47. The lowest BCUT2D eigenvalue weighted by molar-refractivity contribution is -0.150. The zero-order chi connectivity index (χ0) is 18.8. The van der Waals surface area contributed by atoms with E-state index >= 15 is 0 Å². The molecule has 1 atom stereocenters. The molecule has 1 aromatic rings. The Kier molecular flexibility index (Phi) is 5.26. The molecule has 142 valence electrons. The zero-order valence-electron chi connectivity index (χ0n) is 16.2. The van der Waals surface area contributed by atoms with Gasteiger partial charge in [0.2, 0.25) is 5.91 Å². The van der Waals surface area contributed by atoms with E-state index in [4.69, 9.17) is 4.74 Å². The molecule has 5 heteroatoms. The van der Waals surface area contributed by atoms with Crippen LogP contribution in [-0.2, 0) is 16.1 Å². The van der Waals surface area contributed by atoms with Crippen molar-refractivity contribution in [3.63, 3.8) is 0 Å². The molecule has 0 bridgehead atoms. The van der Waals surface area contributed by atoms with Gasteiger partial charge in [-0.1, -0.05) is 30.3 Å². The summed E-state index contributed by atoms with van der Waals surface area (Å²) in [7, 11) is 0. The van der Waals surface area contributed by atoms with Crippen LogP contribution in [0, 0.1) is 5.41 Å². The van der Waals surface area contributed by atoms with Gasteiger partial charge in [0.15, 0.2) is 0 Å². The number of carbonyl (C=O) groups is 2. The maximum atomic E-state index is 13.3. The summed E-state index contributed by atoms with van der Waals surface area (Å²) < 4.78 is 5.53. The zero-order valence-corrected chi connectivity index (χ0v) is 16.2. The van der Waals surface area contributed by atoms with Crippen molar-refractivity contribution in [2.45, 2.75) is 58.6 Å². The molecule has 1 unspecified atom stereocenters. The molecule has 2 aliphatic heterocycles. The Morgan fingerprint density at radius 3 is 2.42 bits per heavy atom. The molecular formula is C21H30N2O3. The monoisotopic (exact) mass is 358 g/mol. The number of benzene rings is 1. The highest BCUT2D eigenvalue weighted by molar-refractivity contribution is 5.84. The third kappa shape index (κ3) is 4.19. The maximum Gasteiger partial charge on any atom is 0.410 e. The molecule has 1 spiro atoms. The highest BCUT2D eigenvalue weighted by Crippen LogP contribution is 2.40. The van der Waals surface area contributed by atoms with Gasteiger partial charge in [-0.3, -0.25) is 4.79 Å². The second kappa shape index (κ2) is 7.29. The lowest BCUT2D eigenvalue weighted by atomic mass is 9.73. The van der Waals surface area contributed by atoms with Gasteiger partial charge in [-0.15, -0.1) is 0 Å². The summed E-state index contributed by atoms with van der Waals surface area (Å²) >= 11 is 0. The molecule has 3 rings (SSSR count). The molecule has 0 saturated carbocycles. The fraction of sp³-hybridized carbons (Fsp3) is 0.619. The van der Waals surface area contributed by atoms with Crippen molar-refractivity contribution in [2.24, 2.45) is 5.41 Å². The van der Waals surface area contributed by atoms with Gasteiger partial charge in [0, 0.05) is 26.2 Å². The van der Waals surface area contributed by atoms with E-state index < -0.39 is 11.0 Å². The summed E-state index contributed by atoms with van der Waals surface area (Å²) in [6.45, 7) is 8.21. The first kappa shape index (κ1) is 18.7. The largest absolute Gasteiger partial charge is 0.444 e. The Bertz CT molecular complexity index is 649. The lowest BCUT2D eigenvalue weighted by Crippen LogP contribution is -2.57. The summed E-state index contributed by atoms with van der Waals surface area (Å²) in [5.41, 5.74) is 0.192. The second-order valence-electron chi connectivity index (χ2n) is 8.60. The standard InChI is InChI=1S/C21H30N2O3/c1-20(2,3)26-19(25)23-14-8-12-21(16-23)11-7-13-22(18(21)24)15-17-9-5-4-6-10-17/h4-6,9-10H,7-8,11-16H2,1-3H3. The fourth-order valence-corrected chi connectivity index (χ4v) is 4.10. The van der Waals surface area contributed by atoms with E-state index in [1.54, 1.807) is 4.90 Å². The van der Waals surface area contributed by atoms with Crippen LogP contribution in [0.3, 0.4) is 0 Å². The SMILES string of the molecule is CC(C)(C)OC(=O)N1CCCC2(CCCN(Cc3ccccc3)C2=O)C1. The Labute approximate surface area is 156 Å². The van der Waals surface area contributed by atoms with Crippen LogP contribution in [0.5, 0.6) is 0 Å². The molecule has 0 aliphatic carbocycles. The summed E-state index contributed by atoms with van der Waals surface area (Å²) in [5, 5.41) is 0. The molecule has 1 aromatic carbocycles. The van der Waals surface area contributed by atoms with Crippen molar-refractivity contribution in [3.05, 3.63) is 35.9 Å². The van der Waals surface area contributed by atoms with Crippen LogP contribution in [0.1, 0.15) is 52.0 Å². The lowest BCUT2D eigenvalue weighted by Gasteiger charge is -2.47. The van der Waals surface area contributed by atoms with Crippen LogP contribution in [-0.4, -0.2) is 47.0 Å². The quantitative estimate of drug-likeness (QED) is 0.807. The van der Waals surface area contributed by atoms with Gasteiger partial charge in [-0.25, -0.2) is 4.79 Å². The minimum Gasteiger partial charge on any atom is -0.444 e. The van der Waals surface area contributed by atoms with Crippen molar-refractivity contribution in [1.82, 2.24) is 9.80 Å². The van der Waals surface area contributed by atoms with Crippen molar-refractivity contribution in [2.75, 3.05) is 19.6 Å². The molecule has 2 amide bonds. The molecule has 0 aromatic heterocycles. The summed E-state index contributed by atoms with van der Waals surface area (Å²) in [4.78, 5) is 29.5. The Balaban J connectivity index is 1.71. The third-order valence-electron chi connectivity index (χ3n) is 5.27. The fourth-order valence-electron chi connectivity index (χ4n) is 4.10. The van der Waals surface area contributed by atoms with Crippen LogP contribution in [0.25, 0.3) is 0 Å². The highest BCUT2D eigenvalue weighted by atomic mass is 16.6. The number of rotatable bonds is 2. The predicted octanol–water partition coefficient (Wildman–Crippen LogP) is 3.83. The number of likely N-dealkylation sites (tertiary alicyclic amines) is 2. The molecule has 26 heavy (non-hydrogen) atoms. The number of amides is 2. The van der Waals surface area contributed by atoms with E-state index in [1.807, 2.05) is 43.9 Å². The Hall–Kier alpha value is -2.04. The molecule has 2 saturated heterocycles. The molecule has 2 fully saturated rings. The van der Waals surface area contributed by atoms with E-state index in [9.17, 15) is 9.59 Å². The average molecular weight is 358 g/mol. The molecule has 0 radical (unpaired) electrons. The minimum absolute atomic E-state index is 0.195. The van der Waals surface area contributed by atoms with Crippen molar-refractivity contribution in [3.8, 4) is 0 Å². The molecule has 0 N–H and O–H groups in total.